The van der Waals surface area contributed by atoms with Crippen LogP contribution in [0.15, 0.2) is 33.9 Å². The Bertz CT molecular complexity index is 1200. The van der Waals surface area contributed by atoms with Gasteiger partial charge in [0.2, 0.25) is 0 Å². The highest BCUT2D eigenvalue weighted by atomic mass is 19.1. The molecule has 2 aromatic heterocycles. The van der Waals surface area contributed by atoms with Gasteiger partial charge in [-0.2, -0.15) is 0 Å². The molecule has 160 valence electrons. The summed E-state index contributed by atoms with van der Waals surface area (Å²) in [7, 11) is 3.03. The number of nitrogens with zero attached hydrogens (tertiary/aromatic N) is 5. The molecule has 0 amide bonds. The zero-order chi connectivity index (χ0) is 21.6. The van der Waals surface area contributed by atoms with Gasteiger partial charge in [-0.05, 0) is 19.9 Å². The van der Waals surface area contributed by atoms with E-state index in [-0.39, 0.29) is 24.6 Å². The van der Waals surface area contributed by atoms with Crippen molar-refractivity contribution >= 4 is 11.2 Å². The standard InChI is InChI=1S/C21H26FN5O3/c1-13-9-26(10-14(2)30-13)12-17-23-19-18(20(28)25(4)21(29)24(19)3)27(17)11-15-7-5-6-8-16(15)22/h5-8,13-14H,9-12H2,1-4H3/t13-,14+. The lowest BCUT2D eigenvalue weighted by Crippen LogP contribution is -2.45. The number of fused-ring (bicyclic) bond motifs is 1. The summed E-state index contributed by atoms with van der Waals surface area (Å²) in [6, 6.07) is 6.48. The van der Waals surface area contributed by atoms with E-state index in [1.807, 2.05) is 13.8 Å². The van der Waals surface area contributed by atoms with Crippen LogP contribution < -0.4 is 11.2 Å². The fourth-order valence-corrected chi connectivity index (χ4v) is 4.19. The first kappa shape index (κ1) is 20.5. The van der Waals surface area contributed by atoms with Crippen LogP contribution >= 0.6 is 0 Å². The van der Waals surface area contributed by atoms with Crippen molar-refractivity contribution < 1.29 is 9.13 Å². The van der Waals surface area contributed by atoms with Crippen molar-refractivity contribution in [1.29, 1.82) is 0 Å². The van der Waals surface area contributed by atoms with Crippen molar-refractivity contribution in [3.63, 3.8) is 0 Å². The van der Waals surface area contributed by atoms with E-state index in [9.17, 15) is 14.0 Å². The molecule has 1 fully saturated rings. The van der Waals surface area contributed by atoms with E-state index in [0.29, 0.717) is 29.1 Å². The summed E-state index contributed by atoms with van der Waals surface area (Å²) in [6.45, 7) is 6.11. The van der Waals surface area contributed by atoms with Crippen molar-refractivity contribution in [3.8, 4) is 0 Å². The molecule has 0 bridgehead atoms. The number of aromatic nitrogens is 4. The first-order valence-corrected chi connectivity index (χ1v) is 10.0. The lowest BCUT2D eigenvalue weighted by molar-refractivity contribution is -0.0712. The zero-order valence-corrected chi connectivity index (χ0v) is 17.6. The maximum atomic E-state index is 14.4. The molecule has 0 aliphatic carbocycles. The normalized spacial score (nSPS) is 20.2. The van der Waals surface area contributed by atoms with Gasteiger partial charge in [0.1, 0.15) is 11.6 Å². The number of halogens is 1. The molecule has 0 unspecified atom stereocenters. The number of morpholine rings is 1. The Balaban J connectivity index is 1.87. The van der Waals surface area contributed by atoms with E-state index in [4.69, 9.17) is 4.74 Å². The molecule has 0 spiro atoms. The quantitative estimate of drug-likeness (QED) is 0.641. The number of imidazole rings is 1. The van der Waals surface area contributed by atoms with Crippen LogP contribution in [0.4, 0.5) is 4.39 Å². The molecule has 3 heterocycles. The molecule has 0 saturated carbocycles. The molecular weight excluding hydrogens is 389 g/mol. The van der Waals surface area contributed by atoms with Gasteiger partial charge in [-0.25, -0.2) is 14.2 Å². The summed E-state index contributed by atoms with van der Waals surface area (Å²) in [4.78, 5) is 32.2. The molecular formula is C21H26FN5O3. The minimum Gasteiger partial charge on any atom is -0.373 e. The van der Waals surface area contributed by atoms with Crippen molar-refractivity contribution in [2.24, 2.45) is 14.1 Å². The highest BCUT2D eigenvalue weighted by molar-refractivity contribution is 5.71. The minimum atomic E-state index is -0.441. The second kappa shape index (κ2) is 7.81. The molecule has 1 aromatic carbocycles. The van der Waals surface area contributed by atoms with Crippen LogP contribution in [-0.2, 0) is 31.9 Å². The highest BCUT2D eigenvalue weighted by Crippen LogP contribution is 2.19. The number of benzene rings is 1. The molecule has 30 heavy (non-hydrogen) atoms. The Morgan fingerprint density at radius 2 is 1.73 bits per heavy atom. The van der Waals surface area contributed by atoms with Gasteiger partial charge >= 0.3 is 5.69 Å². The Morgan fingerprint density at radius 3 is 2.40 bits per heavy atom. The van der Waals surface area contributed by atoms with Crippen LogP contribution in [0.3, 0.4) is 0 Å². The average molecular weight is 415 g/mol. The molecule has 4 rings (SSSR count). The topological polar surface area (TPSA) is 74.3 Å². The summed E-state index contributed by atoms with van der Waals surface area (Å²) >= 11 is 0. The first-order chi connectivity index (χ1) is 14.3. The molecule has 0 radical (unpaired) electrons. The molecule has 0 N–H and O–H groups in total. The number of ether oxygens (including phenoxy) is 1. The van der Waals surface area contributed by atoms with E-state index >= 15 is 0 Å². The second-order valence-electron chi connectivity index (χ2n) is 8.03. The maximum absolute atomic E-state index is 14.4. The summed E-state index contributed by atoms with van der Waals surface area (Å²) in [5.41, 5.74) is 0.184. The van der Waals surface area contributed by atoms with Crippen LogP contribution in [0, 0.1) is 5.82 Å². The van der Waals surface area contributed by atoms with E-state index in [1.54, 1.807) is 29.8 Å². The van der Waals surface area contributed by atoms with E-state index in [1.165, 1.54) is 17.7 Å². The molecule has 3 aromatic rings. The number of hydrogen-bond donors (Lipinski definition) is 0. The van der Waals surface area contributed by atoms with Gasteiger partial charge in [-0.15, -0.1) is 0 Å². The number of rotatable bonds is 4. The van der Waals surface area contributed by atoms with Crippen molar-refractivity contribution in [3.05, 3.63) is 62.3 Å². The van der Waals surface area contributed by atoms with Crippen LogP contribution in [0.25, 0.3) is 11.2 Å². The van der Waals surface area contributed by atoms with Crippen molar-refractivity contribution in [2.75, 3.05) is 13.1 Å². The molecule has 1 aliphatic heterocycles. The highest BCUT2D eigenvalue weighted by Gasteiger charge is 2.26. The lowest BCUT2D eigenvalue weighted by atomic mass is 10.2. The van der Waals surface area contributed by atoms with Crippen LogP contribution in [0.2, 0.25) is 0 Å². The Labute approximate surface area is 173 Å². The third kappa shape index (κ3) is 3.59. The lowest BCUT2D eigenvalue weighted by Gasteiger charge is -2.35. The van der Waals surface area contributed by atoms with Gasteiger partial charge in [-0.1, -0.05) is 18.2 Å². The monoisotopic (exact) mass is 415 g/mol. The minimum absolute atomic E-state index is 0.0790. The molecule has 2 atom stereocenters. The van der Waals surface area contributed by atoms with Gasteiger partial charge in [0.15, 0.2) is 11.2 Å². The predicted octanol–water partition coefficient (Wildman–Crippen LogP) is 1.23. The van der Waals surface area contributed by atoms with E-state index in [0.717, 1.165) is 17.7 Å². The van der Waals surface area contributed by atoms with Gasteiger partial charge in [0, 0.05) is 32.7 Å². The van der Waals surface area contributed by atoms with Crippen LogP contribution in [-0.4, -0.2) is 48.9 Å². The maximum Gasteiger partial charge on any atom is 0.332 e. The number of aryl methyl sites for hydroxylation is 1. The van der Waals surface area contributed by atoms with Gasteiger partial charge in [-0.3, -0.25) is 18.8 Å². The fraction of sp³-hybridized carbons (Fsp3) is 0.476. The van der Waals surface area contributed by atoms with E-state index < -0.39 is 11.2 Å². The average Bonchev–Trinajstić information content (AvgIpc) is 3.04. The van der Waals surface area contributed by atoms with E-state index in [2.05, 4.69) is 9.88 Å². The molecule has 1 aliphatic rings. The predicted molar refractivity (Wildman–Crippen MR) is 111 cm³/mol. The van der Waals surface area contributed by atoms with Crippen LogP contribution in [0.1, 0.15) is 25.2 Å². The third-order valence-corrected chi connectivity index (χ3v) is 5.57. The first-order valence-electron chi connectivity index (χ1n) is 10.0. The Hall–Kier alpha value is -2.78. The Kier molecular flexibility index (Phi) is 5.33. The summed E-state index contributed by atoms with van der Waals surface area (Å²) in [6.07, 6.45) is 0.158. The zero-order valence-electron chi connectivity index (χ0n) is 17.6. The van der Waals surface area contributed by atoms with Crippen LogP contribution in [0.5, 0.6) is 0 Å². The summed E-state index contributed by atoms with van der Waals surface area (Å²) < 4.78 is 24.4. The summed E-state index contributed by atoms with van der Waals surface area (Å²) in [5.74, 6) is 0.272. The van der Waals surface area contributed by atoms with Crippen molar-refractivity contribution in [1.82, 2.24) is 23.6 Å². The van der Waals surface area contributed by atoms with Gasteiger partial charge in [0.05, 0.1) is 25.3 Å². The largest absolute Gasteiger partial charge is 0.373 e. The second-order valence-corrected chi connectivity index (χ2v) is 8.03. The number of hydrogen-bond acceptors (Lipinski definition) is 5. The SMILES string of the molecule is C[C@@H]1CN(Cc2nc3c(c(=O)n(C)c(=O)n3C)n2Cc2ccccc2F)C[C@H](C)O1. The molecule has 8 nitrogen and oxygen atoms in total. The van der Waals surface area contributed by atoms with Crippen molar-refractivity contribution in [2.45, 2.75) is 39.1 Å². The summed E-state index contributed by atoms with van der Waals surface area (Å²) in [5, 5.41) is 0. The Morgan fingerprint density at radius 1 is 1.07 bits per heavy atom. The fourth-order valence-electron chi connectivity index (χ4n) is 4.19. The van der Waals surface area contributed by atoms with Gasteiger partial charge < -0.3 is 9.30 Å². The molecule has 1 saturated heterocycles. The third-order valence-electron chi connectivity index (χ3n) is 5.57. The smallest absolute Gasteiger partial charge is 0.332 e. The van der Waals surface area contributed by atoms with Gasteiger partial charge in [0.25, 0.3) is 5.56 Å². The molecule has 9 heteroatoms.